The highest BCUT2D eigenvalue weighted by molar-refractivity contribution is 9.09. The molecule has 0 heterocycles. The predicted molar refractivity (Wildman–Crippen MR) is 65.4 cm³/mol. The van der Waals surface area contributed by atoms with Crippen LogP contribution < -0.4 is 4.74 Å². The second-order valence-corrected chi connectivity index (χ2v) is 4.47. The maximum absolute atomic E-state index is 12.1. The molecule has 0 aliphatic rings. The van der Waals surface area contributed by atoms with E-state index in [2.05, 4.69) is 20.7 Å². The largest absolute Gasteiger partial charge is 0.573 e. The molecule has 0 bridgehead atoms. The van der Waals surface area contributed by atoms with Gasteiger partial charge in [-0.3, -0.25) is 4.79 Å². The minimum Gasteiger partial charge on any atom is -0.406 e. The van der Waals surface area contributed by atoms with Crippen LogP contribution in [0, 0.1) is 0 Å². The van der Waals surface area contributed by atoms with E-state index in [-0.39, 0.29) is 23.6 Å². The summed E-state index contributed by atoms with van der Waals surface area (Å²) in [6, 6.07) is 3.68. The third-order valence-electron chi connectivity index (χ3n) is 2.00. The zero-order chi connectivity index (χ0) is 13.8. The van der Waals surface area contributed by atoms with Gasteiger partial charge in [-0.15, -0.1) is 24.8 Å². The van der Waals surface area contributed by atoms with Gasteiger partial charge in [0.1, 0.15) is 5.75 Å². The summed E-state index contributed by atoms with van der Waals surface area (Å²) in [7, 11) is 0. The number of hydrogen-bond acceptors (Lipinski definition) is 2. The lowest BCUT2D eigenvalue weighted by Crippen LogP contribution is -2.17. The summed E-state index contributed by atoms with van der Waals surface area (Å²) in [6.07, 6.45) is -4.60. The van der Waals surface area contributed by atoms with E-state index in [1.165, 1.54) is 6.07 Å². The van der Waals surface area contributed by atoms with Crippen molar-refractivity contribution in [3.8, 4) is 5.75 Å². The number of ether oxygens (including phenoxy) is 1. The van der Waals surface area contributed by atoms with Gasteiger partial charge in [-0.05, 0) is 23.8 Å². The van der Waals surface area contributed by atoms with Gasteiger partial charge < -0.3 is 4.74 Å². The molecular formula is C11H9BrClF3O2. The van der Waals surface area contributed by atoms with Gasteiger partial charge in [0.2, 0.25) is 0 Å². The molecule has 18 heavy (non-hydrogen) atoms. The summed E-state index contributed by atoms with van der Waals surface area (Å²) in [5.74, 6) is -0.701. The lowest BCUT2D eigenvalue weighted by molar-refractivity contribution is -0.274. The van der Waals surface area contributed by atoms with Crippen molar-refractivity contribution in [2.45, 2.75) is 18.7 Å². The summed E-state index contributed by atoms with van der Waals surface area (Å²) in [5.41, 5.74) is 0.559. The highest BCUT2D eigenvalue weighted by Gasteiger charge is 2.31. The molecule has 2 nitrogen and oxygen atoms in total. The second kappa shape index (κ2) is 6.43. The highest BCUT2D eigenvalue weighted by atomic mass is 79.9. The summed E-state index contributed by atoms with van der Waals surface area (Å²) in [4.78, 5) is 11.6. The molecule has 0 spiro atoms. The maximum Gasteiger partial charge on any atom is 0.573 e. The van der Waals surface area contributed by atoms with Gasteiger partial charge in [-0.1, -0.05) is 15.9 Å². The number of Topliss-reactive ketones (excluding diaryl/α,β-unsaturated/α-hetero) is 1. The molecule has 0 saturated heterocycles. The molecule has 0 aliphatic heterocycles. The lowest BCUT2D eigenvalue weighted by Gasteiger charge is -2.11. The van der Waals surface area contributed by atoms with Crippen molar-refractivity contribution in [2.24, 2.45) is 0 Å². The number of hydrogen-bond donors (Lipinski definition) is 0. The van der Waals surface area contributed by atoms with Crippen molar-refractivity contribution in [1.82, 2.24) is 0 Å². The summed E-state index contributed by atoms with van der Waals surface area (Å²) < 4.78 is 40.1. The number of carbonyl (C=O) groups is 1. The van der Waals surface area contributed by atoms with Crippen molar-refractivity contribution in [3.63, 3.8) is 0 Å². The molecule has 0 N–H and O–H groups in total. The first-order valence-corrected chi connectivity index (χ1v) is 6.56. The Hall–Kier alpha value is -0.750. The number of halogens is 5. The van der Waals surface area contributed by atoms with Crippen LogP contribution in [0.1, 0.15) is 22.3 Å². The lowest BCUT2D eigenvalue weighted by atomic mass is 10.1. The third-order valence-corrected chi connectivity index (χ3v) is 2.70. The minimum absolute atomic E-state index is 0.00362. The Bertz CT molecular complexity index is 435. The zero-order valence-corrected chi connectivity index (χ0v) is 11.4. The summed E-state index contributed by atoms with van der Waals surface area (Å²) in [6.45, 7) is 0. The van der Waals surface area contributed by atoms with Gasteiger partial charge in [0.05, 0.1) is 0 Å². The van der Waals surface area contributed by atoms with E-state index in [0.717, 1.165) is 12.1 Å². The average molecular weight is 346 g/mol. The number of carbonyl (C=O) groups excluding carboxylic acids is 1. The van der Waals surface area contributed by atoms with Crippen LogP contribution in [-0.4, -0.2) is 17.5 Å². The van der Waals surface area contributed by atoms with Gasteiger partial charge in [-0.2, -0.15) is 0 Å². The number of ketones is 1. The monoisotopic (exact) mass is 344 g/mol. The van der Waals surface area contributed by atoms with Gasteiger partial charge >= 0.3 is 6.36 Å². The Morgan fingerprint density at radius 2 is 2.00 bits per heavy atom. The van der Waals surface area contributed by atoms with Crippen LogP contribution in [0.2, 0.25) is 0 Å². The molecule has 0 aromatic heterocycles. The Kier molecular flexibility index (Phi) is 5.47. The maximum atomic E-state index is 12.1. The normalized spacial score (nSPS) is 11.4. The van der Waals surface area contributed by atoms with Crippen LogP contribution in [0.5, 0.6) is 5.75 Å². The Balaban J connectivity index is 3.05. The summed E-state index contributed by atoms with van der Waals surface area (Å²) in [5, 5.41) is 0.437. The Labute approximate surface area is 115 Å². The van der Waals surface area contributed by atoms with Crippen molar-refractivity contribution in [1.29, 1.82) is 0 Å². The van der Waals surface area contributed by atoms with E-state index >= 15 is 0 Å². The van der Waals surface area contributed by atoms with Gasteiger partial charge in [0.25, 0.3) is 0 Å². The Morgan fingerprint density at radius 3 is 2.50 bits per heavy atom. The van der Waals surface area contributed by atoms with E-state index < -0.39 is 12.1 Å². The number of alkyl halides is 5. The van der Waals surface area contributed by atoms with Crippen LogP contribution in [0.25, 0.3) is 0 Å². The molecule has 1 aromatic carbocycles. The average Bonchev–Trinajstić information content (AvgIpc) is 2.26. The molecule has 0 fully saturated rings. The molecule has 0 saturated carbocycles. The van der Waals surface area contributed by atoms with Crippen LogP contribution >= 0.6 is 27.5 Å². The van der Waals surface area contributed by atoms with E-state index in [4.69, 9.17) is 11.6 Å². The minimum atomic E-state index is -4.79. The van der Waals surface area contributed by atoms with E-state index in [0.29, 0.717) is 10.9 Å². The SMILES string of the molecule is O=C(CCBr)c1cc(CCl)cc(OC(F)(F)F)c1. The molecule has 0 atom stereocenters. The number of rotatable bonds is 5. The third kappa shape index (κ3) is 4.86. The first-order chi connectivity index (χ1) is 8.35. The molecule has 0 amide bonds. The van der Waals surface area contributed by atoms with Crippen LogP contribution in [-0.2, 0) is 5.88 Å². The standard InChI is InChI=1S/C11H9BrClF3O2/c12-2-1-10(17)8-3-7(6-13)4-9(5-8)18-11(14,15)16/h3-5H,1-2,6H2. The zero-order valence-electron chi connectivity index (χ0n) is 9.06. The van der Waals surface area contributed by atoms with Crippen LogP contribution in [0.3, 0.4) is 0 Å². The fraction of sp³-hybridized carbons (Fsp3) is 0.364. The van der Waals surface area contributed by atoms with Crippen molar-refractivity contribution in [3.05, 3.63) is 29.3 Å². The van der Waals surface area contributed by atoms with Crippen molar-refractivity contribution in [2.75, 3.05) is 5.33 Å². The molecular weight excluding hydrogens is 336 g/mol. The smallest absolute Gasteiger partial charge is 0.406 e. The molecule has 0 radical (unpaired) electrons. The first-order valence-electron chi connectivity index (χ1n) is 4.90. The molecule has 100 valence electrons. The fourth-order valence-electron chi connectivity index (χ4n) is 1.32. The van der Waals surface area contributed by atoms with E-state index in [1.807, 2.05) is 0 Å². The molecule has 1 rings (SSSR count). The summed E-state index contributed by atoms with van der Waals surface area (Å²) >= 11 is 8.66. The first kappa shape index (κ1) is 15.3. The highest BCUT2D eigenvalue weighted by Crippen LogP contribution is 2.26. The van der Waals surface area contributed by atoms with Gasteiger partial charge in [-0.25, -0.2) is 0 Å². The van der Waals surface area contributed by atoms with Gasteiger partial charge in [0, 0.05) is 23.2 Å². The molecule has 7 heteroatoms. The number of benzene rings is 1. The van der Waals surface area contributed by atoms with Crippen LogP contribution in [0.15, 0.2) is 18.2 Å². The predicted octanol–water partition coefficient (Wildman–Crippen LogP) is 4.29. The van der Waals surface area contributed by atoms with E-state index in [1.54, 1.807) is 0 Å². The van der Waals surface area contributed by atoms with Gasteiger partial charge in [0.15, 0.2) is 5.78 Å². The fourth-order valence-corrected chi connectivity index (χ4v) is 1.84. The topological polar surface area (TPSA) is 26.3 Å². The van der Waals surface area contributed by atoms with Crippen molar-refractivity contribution < 1.29 is 22.7 Å². The van der Waals surface area contributed by atoms with Crippen molar-refractivity contribution >= 4 is 33.3 Å². The second-order valence-electron chi connectivity index (χ2n) is 3.41. The Morgan fingerprint density at radius 1 is 1.33 bits per heavy atom. The molecule has 0 unspecified atom stereocenters. The quantitative estimate of drug-likeness (QED) is 0.588. The van der Waals surface area contributed by atoms with E-state index in [9.17, 15) is 18.0 Å². The molecule has 0 aliphatic carbocycles. The van der Waals surface area contributed by atoms with Crippen LogP contribution in [0.4, 0.5) is 13.2 Å². The molecule has 1 aromatic rings.